The number of aromatic nitrogens is 5. The summed E-state index contributed by atoms with van der Waals surface area (Å²) < 4.78 is 3.26. The predicted octanol–water partition coefficient (Wildman–Crippen LogP) is 10.4. The molecule has 0 radical (unpaired) electrons. The van der Waals surface area contributed by atoms with Crippen molar-refractivity contribution in [3.05, 3.63) is 139 Å². The van der Waals surface area contributed by atoms with E-state index >= 15 is 0 Å². The molecule has 10 rings (SSSR count). The Hall–Kier alpha value is -5.98. The Bertz CT molecular complexity index is 2740. The van der Waals surface area contributed by atoms with Crippen molar-refractivity contribution in [3.8, 4) is 28.7 Å². The highest BCUT2D eigenvalue weighted by Gasteiger charge is 2.19. The lowest BCUT2D eigenvalue weighted by molar-refractivity contribution is 0.954. The van der Waals surface area contributed by atoms with E-state index < -0.39 is 0 Å². The van der Waals surface area contributed by atoms with Gasteiger partial charge >= 0.3 is 0 Å². The summed E-state index contributed by atoms with van der Waals surface area (Å²) in [6.07, 6.45) is 0. The van der Waals surface area contributed by atoms with Crippen molar-refractivity contribution in [2.24, 2.45) is 0 Å². The van der Waals surface area contributed by atoms with Crippen molar-refractivity contribution < 1.29 is 0 Å². The van der Waals surface area contributed by atoms with Crippen LogP contribution in [0.3, 0.4) is 0 Å². The Morgan fingerprint density at radius 1 is 0.457 bits per heavy atom. The van der Waals surface area contributed by atoms with Gasteiger partial charge in [0.1, 0.15) is 0 Å². The van der Waals surface area contributed by atoms with Crippen LogP contribution in [-0.4, -0.2) is 24.5 Å². The molecule has 0 amide bonds. The second-order valence-electron chi connectivity index (χ2n) is 11.5. The number of nitrogens with zero attached hydrogens (tertiary/aromatic N) is 5. The lowest BCUT2D eigenvalue weighted by Gasteiger charge is -2.13. The second kappa shape index (κ2) is 9.76. The number of hydrogen-bond donors (Lipinski definition) is 0. The zero-order valence-corrected chi connectivity index (χ0v) is 25.2. The van der Waals surface area contributed by atoms with Gasteiger partial charge in [0.25, 0.3) is 0 Å². The standard InChI is InChI=1S/C40H23N5S/c1-2-12-27-25(10-1)26-11-3-4-13-28(26)33-22-24(20-21-29(27)33)38-42-39(32-16-9-19-36-37(32)41-23-46-36)44-40(43-38)45-34-17-7-5-14-30(34)31-15-6-8-18-35(31)45/h1-23H. The number of benzene rings is 7. The van der Waals surface area contributed by atoms with E-state index in [1.165, 1.54) is 32.3 Å². The molecule has 0 fully saturated rings. The molecule has 0 spiro atoms. The molecule has 0 atom stereocenters. The van der Waals surface area contributed by atoms with E-state index in [-0.39, 0.29) is 0 Å². The lowest BCUT2D eigenvalue weighted by atomic mass is 9.93. The molecule has 5 nitrogen and oxygen atoms in total. The van der Waals surface area contributed by atoms with Crippen LogP contribution in [0.5, 0.6) is 0 Å². The summed E-state index contributed by atoms with van der Waals surface area (Å²) in [6, 6.07) is 46.9. The van der Waals surface area contributed by atoms with E-state index in [2.05, 4.69) is 132 Å². The van der Waals surface area contributed by atoms with Crippen LogP contribution in [0, 0.1) is 0 Å². The number of thiazole rings is 1. The molecular formula is C40H23N5S. The molecule has 0 saturated carbocycles. The fraction of sp³-hybridized carbons (Fsp3) is 0. The van der Waals surface area contributed by atoms with Crippen molar-refractivity contribution in [2.75, 3.05) is 0 Å². The predicted molar refractivity (Wildman–Crippen MR) is 191 cm³/mol. The molecule has 7 aromatic carbocycles. The lowest BCUT2D eigenvalue weighted by Crippen LogP contribution is -2.06. The number of fused-ring (bicyclic) bond motifs is 10. The summed E-state index contributed by atoms with van der Waals surface area (Å²) in [4.78, 5) is 20.2. The van der Waals surface area contributed by atoms with E-state index in [0.29, 0.717) is 17.6 Å². The van der Waals surface area contributed by atoms with E-state index in [1.54, 1.807) is 11.3 Å². The third-order valence-corrected chi connectivity index (χ3v) is 9.80. The first-order valence-corrected chi connectivity index (χ1v) is 16.1. The molecule has 10 aromatic rings. The molecule has 0 N–H and O–H groups in total. The topological polar surface area (TPSA) is 56.5 Å². The van der Waals surface area contributed by atoms with Crippen LogP contribution in [0.2, 0.25) is 0 Å². The first-order valence-electron chi connectivity index (χ1n) is 15.2. The Morgan fingerprint density at radius 2 is 1.02 bits per heavy atom. The van der Waals surface area contributed by atoms with Gasteiger partial charge in [-0.1, -0.05) is 103 Å². The van der Waals surface area contributed by atoms with Gasteiger partial charge in [-0.15, -0.1) is 11.3 Å². The number of hydrogen-bond acceptors (Lipinski definition) is 5. The molecule has 0 aliphatic heterocycles. The first-order chi connectivity index (χ1) is 22.8. The minimum absolute atomic E-state index is 0.577. The molecule has 0 aliphatic rings. The highest BCUT2D eigenvalue weighted by molar-refractivity contribution is 7.16. The normalized spacial score (nSPS) is 11.9. The Balaban J connectivity index is 1.30. The highest BCUT2D eigenvalue weighted by Crippen LogP contribution is 2.38. The second-order valence-corrected chi connectivity index (χ2v) is 12.4. The Labute approximate surface area is 267 Å². The minimum Gasteiger partial charge on any atom is -0.278 e. The fourth-order valence-corrected chi connectivity index (χ4v) is 7.67. The van der Waals surface area contributed by atoms with Gasteiger partial charge < -0.3 is 0 Å². The maximum atomic E-state index is 5.21. The van der Waals surface area contributed by atoms with Gasteiger partial charge in [-0.25, -0.2) is 9.97 Å². The first kappa shape index (κ1) is 25.4. The van der Waals surface area contributed by atoms with Crippen molar-refractivity contribution in [1.29, 1.82) is 0 Å². The molecule has 0 aliphatic carbocycles. The molecule has 46 heavy (non-hydrogen) atoms. The molecule has 0 saturated heterocycles. The quantitative estimate of drug-likeness (QED) is 0.188. The molecule has 214 valence electrons. The Morgan fingerprint density at radius 3 is 1.70 bits per heavy atom. The van der Waals surface area contributed by atoms with Gasteiger partial charge in [0.15, 0.2) is 11.6 Å². The minimum atomic E-state index is 0.577. The van der Waals surface area contributed by atoms with Crippen molar-refractivity contribution in [3.63, 3.8) is 0 Å². The Kier molecular flexibility index (Phi) is 5.38. The van der Waals surface area contributed by atoms with Crippen LogP contribution in [0.1, 0.15) is 0 Å². The molecule has 0 bridgehead atoms. The van der Waals surface area contributed by atoms with Crippen LogP contribution in [-0.2, 0) is 0 Å². The summed E-state index contributed by atoms with van der Waals surface area (Å²) in [5.74, 6) is 1.79. The van der Waals surface area contributed by atoms with Crippen molar-refractivity contribution >= 4 is 75.7 Å². The zero-order chi connectivity index (χ0) is 30.2. The average molecular weight is 606 g/mol. The van der Waals surface area contributed by atoms with E-state index in [1.807, 2.05) is 11.6 Å². The monoisotopic (exact) mass is 605 g/mol. The maximum Gasteiger partial charge on any atom is 0.238 e. The van der Waals surface area contributed by atoms with Gasteiger partial charge in [0.2, 0.25) is 5.95 Å². The largest absolute Gasteiger partial charge is 0.278 e. The van der Waals surface area contributed by atoms with E-state index in [9.17, 15) is 0 Å². The van der Waals surface area contributed by atoms with Crippen LogP contribution in [0.25, 0.3) is 93.1 Å². The highest BCUT2D eigenvalue weighted by atomic mass is 32.1. The van der Waals surface area contributed by atoms with Gasteiger partial charge in [-0.3, -0.25) is 4.57 Å². The summed E-state index contributed by atoms with van der Waals surface area (Å²) in [5, 5.41) is 9.64. The molecule has 0 unspecified atom stereocenters. The summed E-state index contributed by atoms with van der Waals surface area (Å²) in [5.41, 5.74) is 6.70. The summed E-state index contributed by atoms with van der Waals surface area (Å²) >= 11 is 1.62. The molecular weight excluding hydrogens is 583 g/mol. The SMILES string of the molecule is c1cc(-c2nc(-c3ccc4c5ccccc5c5ccccc5c4c3)nc(-n3c4ccccc4c4ccccc43)n2)c2ncsc2c1. The van der Waals surface area contributed by atoms with Gasteiger partial charge in [-0.05, 0) is 62.6 Å². The number of rotatable bonds is 3. The van der Waals surface area contributed by atoms with Crippen molar-refractivity contribution in [2.45, 2.75) is 0 Å². The smallest absolute Gasteiger partial charge is 0.238 e. The van der Waals surface area contributed by atoms with Crippen LogP contribution >= 0.6 is 11.3 Å². The molecule has 3 heterocycles. The van der Waals surface area contributed by atoms with Crippen molar-refractivity contribution in [1.82, 2.24) is 24.5 Å². The van der Waals surface area contributed by atoms with E-state index in [4.69, 9.17) is 19.9 Å². The number of para-hydroxylation sites is 3. The van der Waals surface area contributed by atoms with Crippen LogP contribution in [0.4, 0.5) is 0 Å². The fourth-order valence-electron chi connectivity index (χ4n) is 6.97. The van der Waals surface area contributed by atoms with Crippen LogP contribution in [0.15, 0.2) is 139 Å². The third-order valence-electron chi connectivity index (χ3n) is 9.01. The average Bonchev–Trinajstić information content (AvgIpc) is 3.74. The van der Waals surface area contributed by atoms with Crippen LogP contribution < -0.4 is 0 Å². The summed E-state index contributed by atoms with van der Waals surface area (Å²) in [7, 11) is 0. The van der Waals surface area contributed by atoms with Gasteiger partial charge in [-0.2, -0.15) is 9.97 Å². The van der Waals surface area contributed by atoms with E-state index in [0.717, 1.165) is 43.1 Å². The summed E-state index contributed by atoms with van der Waals surface area (Å²) in [6.45, 7) is 0. The van der Waals surface area contributed by atoms with Gasteiger partial charge in [0, 0.05) is 21.9 Å². The molecule has 6 heteroatoms. The third kappa shape index (κ3) is 3.68. The zero-order valence-electron chi connectivity index (χ0n) is 24.4. The maximum absolute atomic E-state index is 5.21. The molecule has 3 aromatic heterocycles. The van der Waals surface area contributed by atoms with Gasteiger partial charge in [0.05, 0.1) is 26.8 Å².